The van der Waals surface area contributed by atoms with Gasteiger partial charge in [-0.05, 0) is 17.7 Å². The molecule has 0 N–H and O–H groups in total. The summed E-state index contributed by atoms with van der Waals surface area (Å²) in [5, 5.41) is 22.5. The van der Waals surface area contributed by atoms with Gasteiger partial charge < -0.3 is 14.4 Å². The highest BCUT2D eigenvalue weighted by Crippen LogP contribution is 2.46. The van der Waals surface area contributed by atoms with E-state index in [-0.39, 0.29) is 17.4 Å². The molecule has 0 fully saturated rings. The quantitative estimate of drug-likeness (QED) is 0.595. The Morgan fingerprint density at radius 1 is 1.04 bits per heavy atom. The summed E-state index contributed by atoms with van der Waals surface area (Å²) in [4.78, 5) is 23.1. The molecular weight excluding hydrogens is 342 g/mol. The first-order valence-corrected chi connectivity index (χ1v) is 7.77. The van der Waals surface area contributed by atoms with Gasteiger partial charge in [0, 0.05) is 19.5 Å². The van der Waals surface area contributed by atoms with Crippen LogP contribution in [-0.2, 0) is 6.42 Å². The molecule has 1 heterocycles. The molecule has 136 valence electrons. The van der Waals surface area contributed by atoms with Crippen LogP contribution in [-0.4, -0.2) is 31.1 Å². The maximum absolute atomic E-state index is 11.4. The van der Waals surface area contributed by atoms with E-state index < -0.39 is 9.85 Å². The van der Waals surface area contributed by atoms with E-state index in [2.05, 4.69) is 0 Å². The maximum Gasteiger partial charge on any atom is 0.281 e. The molecule has 9 nitrogen and oxygen atoms in total. The minimum atomic E-state index is -0.620. The molecule has 1 aliphatic heterocycles. The fourth-order valence-corrected chi connectivity index (χ4v) is 3.32. The van der Waals surface area contributed by atoms with Crippen molar-refractivity contribution in [3.63, 3.8) is 0 Å². The average Bonchev–Trinajstić information content (AvgIpc) is 2.96. The summed E-state index contributed by atoms with van der Waals surface area (Å²) in [6.07, 6.45) is 0.371. The van der Waals surface area contributed by atoms with Crippen LogP contribution in [0.15, 0.2) is 30.3 Å². The van der Waals surface area contributed by atoms with Gasteiger partial charge in [0.25, 0.3) is 11.4 Å². The van der Waals surface area contributed by atoms with Crippen LogP contribution in [0.4, 0.5) is 17.1 Å². The van der Waals surface area contributed by atoms with Crippen molar-refractivity contribution in [2.75, 3.05) is 26.2 Å². The highest BCUT2D eigenvalue weighted by atomic mass is 16.6. The van der Waals surface area contributed by atoms with E-state index in [0.29, 0.717) is 29.2 Å². The van der Waals surface area contributed by atoms with Crippen molar-refractivity contribution >= 4 is 17.1 Å². The van der Waals surface area contributed by atoms with Crippen LogP contribution < -0.4 is 14.4 Å². The molecule has 0 saturated heterocycles. The van der Waals surface area contributed by atoms with E-state index in [0.717, 1.165) is 11.6 Å². The van der Waals surface area contributed by atoms with Gasteiger partial charge in [-0.3, -0.25) is 20.2 Å². The number of rotatable bonds is 5. The first-order valence-electron chi connectivity index (χ1n) is 7.77. The van der Waals surface area contributed by atoms with E-state index in [1.54, 1.807) is 13.1 Å². The molecule has 0 aliphatic carbocycles. The number of fused-ring (bicyclic) bond motifs is 1. The SMILES string of the molecule is COc1ccc([C@H]2Cc3c(cc([N+](=O)[O-])cc3[N+](=O)[O-])N2C)cc1OC. The number of ether oxygens (including phenoxy) is 2. The van der Waals surface area contributed by atoms with Crippen molar-refractivity contribution in [1.29, 1.82) is 0 Å². The molecule has 0 aromatic heterocycles. The number of benzene rings is 2. The van der Waals surface area contributed by atoms with Crippen molar-refractivity contribution in [3.8, 4) is 11.5 Å². The smallest absolute Gasteiger partial charge is 0.281 e. The van der Waals surface area contributed by atoms with Crippen molar-refractivity contribution in [3.05, 3.63) is 61.7 Å². The van der Waals surface area contributed by atoms with Crippen LogP contribution in [0.5, 0.6) is 11.5 Å². The van der Waals surface area contributed by atoms with Crippen LogP contribution in [0.3, 0.4) is 0 Å². The molecule has 1 aliphatic rings. The van der Waals surface area contributed by atoms with Gasteiger partial charge >= 0.3 is 0 Å². The minimum absolute atomic E-state index is 0.203. The fourth-order valence-electron chi connectivity index (χ4n) is 3.32. The second-order valence-electron chi connectivity index (χ2n) is 5.92. The topological polar surface area (TPSA) is 108 Å². The molecule has 2 aromatic rings. The van der Waals surface area contributed by atoms with Crippen molar-refractivity contribution in [1.82, 2.24) is 0 Å². The molecule has 3 rings (SSSR count). The lowest BCUT2D eigenvalue weighted by molar-refractivity contribution is -0.394. The summed E-state index contributed by atoms with van der Waals surface area (Å²) in [5.41, 5.74) is 1.33. The summed E-state index contributed by atoms with van der Waals surface area (Å²) in [7, 11) is 4.83. The highest BCUT2D eigenvalue weighted by Gasteiger charge is 2.36. The zero-order valence-electron chi connectivity index (χ0n) is 14.5. The third kappa shape index (κ3) is 2.77. The van der Waals surface area contributed by atoms with E-state index in [1.165, 1.54) is 20.3 Å². The number of hydrogen-bond donors (Lipinski definition) is 0. The average molecular weight is 359 g/mol. The number of nitro groups is 2. The van der Waals surface area contributed by atoms with E-state index in [4.69, 9.17) is 9.47 Å². The molecule has 2 aromatic carbocycles. The number of non-ortho nitro benzene ring substituents is 1. The van der Waals surface area contributed by atoms with Gasteiger partial charge in [0.15, 0.2) is 11.5 Å². The van der Waals surface area contributed by atoms with Gasteiger partial charge in [0.1, 0.15) is 0 Å². The Hall–Kier alpha value is -3.36. The third-order valence-corrected chi connectivity index (χ3v) is 4.63. The van der Waals surface area contributed by atoms with Gasteiger partial charge in [0.05, 0.1) is 47.4 Å². The lowest BCUT2D eigenvalue weighted by Crippen LogP contribution is -2.19. The standard InChI is InChI=1S/C17H17N3O6/c1-18-13(10-4-5-16(25-2)17(6-10)26-3)9-12-14(18)7-11(19(21)22)8-15(12)20(23)24/h4-8,13H,9H2,1-3H3/t13-/m1/s1. The molecule has 26 heavy (non-hydrogen) atoms. The largest absolute Gasteiger partial charge is 0.493 e. The number of nitro benzene ring substituents is 2. The lowest BCUT2D eigenvalue weighted by atomic mass is 10.0. The molecule has 1 atom stereocenters. The maximum atomic E-state index is 11.4. The van der Waals surface area contributed by atoms with Crippen molar-refractivity contribution in [2.45, 2.75) is 12.5 Å². The van der Waals surface area contributed by atoms with Crippen LogP contribution >= 0.6 is 0 Å². The summed E-state index contributed by atoms with van der Waals surface area (Å²) in [5.74, 6) is 1.13. The lowest BCUT2D eigenvalue weighted by Gasteiger charge is -2.23. The Morgan fingerprint density at radius 2 is 1.73 bits per heavy atom. The Labute approximate surface area is 149 Å². The molecule has 9 heteroatoms. The number of methoxy groups -OCH3 is 2. The van der Waals surface area contributed by atoms with Gasteiger partial charge in [-0.1, -0.05) is 6.07 Å². The monoisotopic (exact) mass is 359 g/mol. The molecule has 0 spiro atoms. The minimum Gasteiger partial charge on any atom is -0.493 e. The van der Waals surface area contributed by atoms with Gasteiger partial charge in [-0.25, -0.2) is 0 Å². The molecule has 0 bridgehead atoms. The normalized spacial score (nSPS) is 15.5. The summed E-state index contributed by atoms with van der Waals surface area (Å²) < 4.78 is 10.6. The first-order chi connectivity index (χ1) is 12.4. The predicted molar refractivity (Wildman–Crippen MR) is 94.1 cm³/mol. The highest BCUT2D eigenvalue weighted by molar-refractivity contribution is 5.71. The summed E-state index contributed by atoms with van der Waals surface area (Å²) in [6, 6.07) is 7.63. The third-order valence-electron chi connectivity index (χ3n) is 4.63. The van der Waals surface area contributed by atoms with Gasteiger partial charge in [0.2, 0.25) is 0 Å². The van der Waals surface area contributed by atoms with Gasteiger partial charge in [-0.15, -0.1) is 0 Å². The van der Waals surface area contributed by atoms with Crippen molar-refractivity contribution < 1.29 is 19.3 Å². The van der Waals surface area contributed by atoms with Crippen LogP contribution in [0.2, 0.25) is 0 Å². The number of nitrogens with zero attached hydrogens (tertiary/aromatic N) is 3. The van der Waals surface area contributed by atoms with E-state index >= 15 is 0 Å². The van der Waals surface area contributed by atoms with Crippen LogP contribution in [0.25, 0.3) is 0 Å². The zero-order chi connectivity index (χ0) is 19.0. The Kier molecular flexibility index (Phi) is 4.37. The number of likely N-dealkylation sites (N-methyl/N-ethyl adjacent to an activating group) is 1. The Balaban J connectivity index is 2.07. The Bertz CT molecular complexity index is 898. The van der Waals surface area contributed by atoms with Crippen LogP contribution in [0, 0.1) is 20.2 Å². The van der Waals surface area contributed by atoms with E-state index in [1.807, 2.05) is 17.0 Å². The van der Waals surface area contributed by atoms with Crippen molar-refractivity contribution in [2.24, 2.45) is 0 Å². The second-order valence-corrected chi connectivity index (χ2v) is 5.92. The van der Waals surface area contributed by atoms with Gasteiger partial charge in [-0.2, -0.15) is 0 Å². The molecule has 0 unspecified atom stereocenters. The summed E-state index contributed by atoms with van der Waals surface area (Å²) in [6.45, 7) is 0. The Morgan fingerprint density at radius 3 is 2.31 bits per heavy atom. The molecule has 0 amide bonds. The first kappa shape index (κ1) is 17.5. The van der Waals surface area contributed by atoms with Crippen LogP contribution in [0.1, 0.15) is 17.2 Å². The molecule has 0 radical (unpaired) electrons. The molecular formula is C17H17N3O6. The number of anilines is 1. The van der Waals surface area contributed by atoms with E-state index in [9.17, 15) is 20.2 Å². The fraction of sp³-hybridized carbons (Fsp3) is 0.294. The number of hydrogen-bond acceptors (Lipinski definition) is 7. The zero-order valence-corrected chi connectivity index (χ0v) is 14.5. The summed E-state index contributed by atoms with van der Waals surface area (Å²) >= 11 is 0. The second kappa shape index (κ2) is 6.51. The predicted octanol–water partition coefficient (Wildman–Crippen LogP) is 3.25. The molecule has 0 saturated carbocycles.